The molecule has 2 aromatic carbocycles. The van der Waals surface area contributed by atoms with Gasteiger partial charge in [0.25, 0.3) is 5.91 Å². The molecule has 1 amide bonds. The molecule has 6 nitrogen and oxygen atoms in total. The predicted molar refractivity (Wildman–Crippen MR) is 101 cm³/mol. The van der Waals surface area contributed by atoms with Gasteiger partial charge in [0.05, 0.1) is 24.5 Å². The molecule has 0 radical (unpaired) electrons. The summed E-state index contributed by atoms with van der Waals surface area (Å²) in [6.07, 6.45) is 0.214. The monoisotopic (exact) mass is 374 g/mol. The lowest BCUT2D eigenvalue weighted by atomic mass is 10.1. The lowest BCUT2D eigenvalue weighted by Crippen LogP contribution is -2.50. The quantitative estimate of drug-likeness (QED) is 0.892. The van der Waals surface area contributed by atoms with E-state index in [1.54, 1.807) is 24.3 Å². The van der Waals surface area contributed by atoms with E-state index in [9.17, 15) is 13.2 Å². The van der Waals surface area contributed by atoms with Crippen molar-refractivity contribution < 1.29 is 17.9 Å². The van der Waals surface area contributed by atoms with Gasteiger partial charge < -0.3 is 10.1 Å². The third-order valence-corrected chi connectivity index (χ3v) is 5.51. The van der Waals surface area contributed by atoms with Crippen LogP contribution in [0.1, 0.15) is 24.1 Å². The van der Waals surface area contributed by atoms with E-state index in [0.29, 0.717) is 11.4 Å². The van der Waals surface area contributed by atoms with E-state index in [-0.39, 0.29) is 18.5 Å². The Labute approximate surface area is 153 Å². The number of hydrogen-bond acceptors (Lipinski definition) is 4. The summed E-state index contributed by atoms with van der Waals surface area (Å²) in [6, 6.07) is 14.5. The van der Waals surface area contributed by atoms with E-state index in [4.69, 9.17) is 4.74 Å². The van der Waals surface area contributed by atoms with E-state index in [1.807, 2.05) is 38.1 Å². The van der Waals surface area contributed by atoms with Gasteiger partial charge in [0.2, 0.25) is 10.0 Å². The minimum Gasteiger partial charge on any atom is -0.476 e. The van der Waals surface area contributed by atoms with Crippen LogP contribution in [0.4, 0.5) is 5.69 Å². The second-order valence-electron chi connectivity index (χ2n) is 6.51. The molecule has 0 spiro atoms. The third kappa shape index (κ3) is 3.83. The molecule has 0 fully saturated rings. The molecule has 7 heteroatoms. The average Bonchev–Trinajstić information content (AvgIpc) is 2.60. The summed E-state index contributed by atoms with van der Waals surface area (Å²) in [4.78, 5) is 12.7. The maximum atomic E-state index is 12.7. The van der Waals surface area contributed by atoms with E-state index in [1.165, 1.54) is 4.31 Å². The molecule has 0 saturated heterocycles. The molecule has 138 valence electrons. The molecular weight excluding hydrogens is 352 g/mol. The van der Waals surface area contributed by atoms with Gasteiger partial charge in [-0.15, -0.1) is 0 Å². The van der Waals surface area contributed by atoms with Crippen molar-refractivity contribution in [2.75, 3.05) is 17.1 Å². The van der Waals surface area contributed by atoms with Gasteiger partial charge in [-0.1, -0.05) is 42.0 Å². The molecule has 0 bridgehead atoms. The summed E-state index contributed by atoms with van der Waals surface area (Å²) >= 11 is 0. The molecule has 0 unspecified atom stereocenters. The standard InChI is InChI=1S/C19H22N2O4S/c1-13-8-10-15(11-9-13)14(2)20-19(22)18-12-21(26(3,23)24)16-6-4-5-7-17(16)25-18/h4-11,14,18H,12H2,1-3H3,(H,20,22)/t14-,18+/m0/s1. The fourth-order valence-electron chi connectivity index (χ4n) is 2.90. The van der Waals surface area contributed by atoms with Crippen LogP contribution >= 0.6 is 0 Å². The van der Waals surface area contributed by atoms with Crippen LogP contribution in [0.25, 0.3) is 0 Å². The first-order valence-corrected chi connectivity index (χ1v) is 10.2. The van der Waals surface area contributed by atoms with Crippen molar-refractivity contribution in [3.8, 4) is 5.75 Å². The Morgan fingerprint density at radius 3 is 2.50 bits per heavy atom. The second kappa shape index (κ2) is 6.99. The number of amides is 1. The maximum Gasteiger partial charge on any atom is 0.263 e. The number of benzene rings is 2. The second-order valence-corrected chi connectivity index (χ2v) is 8.42. The summed E-state index contributed by atoms with van der Waals surface area (Å²) in [5, 5.41) is 2.90. The molecule has 0 aromatic heterocycles. The summed E-state index contributed by atoms with van der Waals surface area (Å²) in [5.74, 6) is 0.0357. The number of carbonyl (C=O) groups is 1. The third-order valence-electron chi connectivity index (χ3n) is 4.36. The van der Waals surface area contributed by atoms with Crippen LogP contribution in [0, 0.1) is 6.92 Å². The van der Waals surface area contributed by atoms with Gasteiger partial charge in [-0.2, -0.15) is 0 Å². The molecule has 2 aromatic rings. The minimum atomic E-state index is -3.52. The lowest BCUT2D eigenvalue weighted by molar-refractivity contribution is -0.128. The van der Waals surface area contributed by atoms with Crippen LogP contribution in [0.3, 0.4) is 0 Å². The van der Waals surface area contributed by atoms with Gasteiger partial charge >= 0.3 is 0 Å². The number of anilines is 1. The number of carbonyl (C=O) groups excluding carboxylic acids is 1. The van der Waals surface area contributed by atoms with E-state index < -0.39 is 16.1 Å². The van der Waals surface area contributed by atoms with Crippen molar-refractivity contribution in [3.05, 3.63) is 59.7 Å². The van der Waals surface area contributed by atoms with E-state index >= 15 is 0 Å². The van der Waals surface area contributed by atoms with Gasteiger partial charge in [0.15, 0.2) is 6.10 Å². The summed E-state index contributed by atoms with van der Waals surface area (Å²) < 4.78 is 31.2. The first-order chi connectivity index (χ1) is 12.3. The topological polar surface area (TPSA) is 75.7 Å². The molecule has 1 heterocycles. The van der Waals surface area contributed by atoms with Crippen molar-refractivity contribution in [3.63, 3.8) is 0 Å². The first-order valence-electron chi connectivity index (χ1n) is 8.36. The number of para-hydroxylation sites is 2. The number of fused-ring (bicyclic) bond motifs is 1. The van der Waals surface area contributed by atoms with Crippen LogP contribution in [-0.2, 0) is 14.8 Å². The number of hydrogen-bond donors (Lipinski definition) is 1. The largest absolute Gasteiger partial charge is 0.476 e. The Kier molecular flexibility index (Phi) is 4.91. The number of nitrogens with zero attached hydrogens (tertiary/aromatic N) is 1. The Morgan fingerprint density at radius 2 is 1.85 bits per heavy atom. The number of rotatable bonds is 4. The molecule has 0 saturated carbocycles. The average molecular weight is 374 g/mol. The normalized spacial score (nSPS) is 17.8. The smallest absolute Gasteiger partial charge is 0.263 e. The first kappa shape index (κ1) is 18.3. The van der Waals surface area contributed by atoms with Crippen LogP contribution in [0.5, 0.6) is 5.75 Å². The molecule has 2 atom stereocenters. The molecular formula is C19H22N2O4S. The van der Waals surface area contributed by atoms with Gasteiger partial charge in [-0.3, -0.25) is 9.10 Å². The van der Waals surface area contributed by atoms with Gasteiger partial charge in [-0.25, -0.2) is 8.42 Å². The van der Waals surface area contributed by atoms with Crippen LogP contribution < -0.4 is 14.4 Å². The van der Waals surface area contributed by atoms with Crippen molar-refractivity contribution >= 4 is 21.6 Å². The summed E-state index contributed by atoms with van der Waals surface area (Å²) in [5.41, 5.74) is 2.56. The highest BCUT2D eigenvalue weighted by Crippen LogP contribution is 2.34. The van der Waals surface area contributed by atoms with Crippen molar-refractivity contribution in [2.45, 2.75) is 26.0 Å². The highest BCUT2D eigenvalue weighted by Gasteiger charge is 2.35. The summed E-state index contributed by atoms with van der Waals surface area (Å²) in [6.45, 7) is 3.83. The Hall–Kier alpha value is -2.54. The van der Waals surface area contributed by atoms with Crippen molar-refractivity contribution in [1.82, 2.24) is 5.32 Å². The zero-order valence-corrected chi connectivity index (χ0v) is 15.8. The predicted octanol–water partition coefficient (Wildman–Crippen LogP) is 2.40. The molecule has 26 heavy (non-hydrogen) atoms. The Bertz CT molecular complexity index is 909. The number of sulfonamides is 1. The fraction of sp³-hybridized carbons (Fsp3) is 0.316. The van der Waals surface area contributed by atoms with Crippen LogP contribution in [-0.4, -0.2) is 33.2 Å². The van der Waals surface area contributed by atoms with Crippen molar-refractivity contribution in [2.24, 2.45) is 0 Å². The molecule has 3 rings (SSSR count). The number of ether oxygens (including phenoxy) is 1. The molecule has 1 N–H and O–H groups in total. The SMILES string of the molecule is Cc1ccc([C@H](C)NC(=O)[C@H]2CN(S(C)(=O)=O)c3ccccc3O2)cc1. The number of nitrogens with one attached hydrogen (secondary N) is 1. The van der Waals surface area contributed by atoms with Gasteiger partial charge in [0.1, 0.15) is 5.75 Å². The molecule has 1 aliphatic rings. The fourth-order valence-corrected chi connectivity index (χ4v) is 3.81. The van der Waals surface area contributed by atoms with E-state index in [0.717, 1.165) is 17.4 Å². The zero-order chi connectivity index (χ0) is 18.9. The zero-order valence-electron chi connectivity index (χ0n) is 15.0. The van der Waals surface area contributed by atoms with Crippen molar-refractivity contribution in [1.29, 1.82) is 0 Å². The minimum absolute atomic E-state index is 0.0533. The molecule has 1 aliphatic heterocycles. The van der Waals surface area contributed by atoms with E-state index in [2.05, 4.69) is 5.32 Å². The van der Waals surface area contributed by atoms with Gasteiger partial charge in [-0.05, 0) is 31.5 Å². The highest BCUT2D eigenvalue weighted by molar-refractivity contribution is 7.92. The Morgan fingerprint density at radius 1 is 1.19 bits per heavy atom. The number of aryl methyl sites for hydroxylation is 1. The highest BCUT2D eigenvalue weighted by atomic mass is 32.2. The van der Waals surface area contributed by atoms with Gasteiger partial charge in [0, 0.05) is 0 Å². The van der Waals surface area contributed by atoms with Crippen LogP contribution in [0.2, 0.25) is 0 Å². The summed E-state index contributed by atoms with van der Waals surface area (Å²) in [7, 11) is -3.52. The Balaban J connectivity index is 1.79. The lowest BCUT2D eigenvalue weighted by Gasteiger charge is -2.34. The molecule has 0 aliphatic carbocycles. The van der Waals surface area contributed by atoms with Crippen LogP contribution in [0.15, 0.2) is 48.5 Å². The maximum absolute atomic E-state index is 12.7.